The Kier molecular flexibility index (Phi) is 7.10. The number of rotatable bonds is 7. The summed E-state index contributed by atoms with van der Waals surface area (Å²) < 4.78 is 11.4. The summed E-state index contributed by atoms with van der Waals surface area (Å²) in [4.78, 5) is 16.8. The molecule has 1 aromatic rings. The second-order valence-electron chi connectivity index (χ2n) is 8.97. The van der Waals surface area contributed by atoms with Crippen molar-refractivity contribution in [2.45, 2.75) is 32.1 Å². The molecule has 0 N–H and O–H groups in total. The standard InChI is InChI=1S/C23H35N2O3P/c1-24-7-4-17(5-8-24)21-14-18(21)6-11-28-20-3-2-19(22(29)16-20)15-23(26)25-9-12-27-13-10-25/h2-3,16-18,21H,4-15,29H2,1H3. The lowest BCUT2D eigenvalue weighted by Crippen LogP contribution is -2.41. The number of piperidine rings is 1. The lowest BCUT2D eigenvalue weighted by Gasteiger charge is -2.29. The predicted octanol–water partition coefficient (Wildman–Crippen LogP) is 2.34. The van der Waals surface area contributed by atoms with Gasteiger partial charge >= 0.3 is 0 Å². The van der Waals surface area contributed by atoms with Crippen LogP contribution in [-0.4, -0.2) is 68.8 Å². The minimum absolute atomic E-state index is 0.180. The van der Waals surface area contributed by atoms with E-state index in [1.54, 1.807) is 0 Å². The Labute approximate surface area is 177 Å². The van der Waals surface area contributed by atoms with E-state index in [2.05, 4.69) is 21.2 Å². The maximum Gasteiger partial charge on any atom is 0.227 e. The van der Waals surface area contributed by atoms with Gasteiger partial charge in [0.2, 0.25) is 5.91 Å². The number of morpholine rings is 1. The van der Waals surface area contributed by atoms with Crippen molar-refractivity contribution in [1.82, 2.24) is 9.80 Å². The maximum atomic E-state index is 12.5. The smallest absolute Gasteiger partial charge is 0.227 e. The van der Waals surface area contributed by atoms with Crippen LogP contribution in [0.1, 0.15) is 31.2 Å². The van der Waals surface area contributed by atoms with Gasteiger partial charge in [-0.3, -0.25) is 4.79 Å². The predicted molar refractivity (Wildman–Crippen MR) is 119 cm³/mol. The minimum Gasteiger partial charge on any atom is -0.494 e. The van der Waals surface area contributed by atoms with Gasteiger partial charge < -0.3 is 19.3 Å². The molecule has 6 heteroatoms. The number of hydrogen-bond donors (Lipinski definition) is 0. The van der Waals surface area contributed by atoms with Crippen molar-refractivity contribution in [3.8, 4) is 5.75 Å². The van der Waals surface area contributed by atoms with Gasteiger partial charge in [-0.05, 0) is 86.6 Å². The number of likely N-dealkylation sites (tertiary alicyclic amines) is 1. The van der Waals surface area contributed by atoms with Crippen LogP contribution in [0.5, 0.6) is 5.75 Å². The molecule has 1 aromatic carbocycles. The van der Waals surface area contributed by atoms with Gasteiger partial charge in [-0.1, -0.05) is 6.07 Å². The van der Waals surface area contributed by atoms with E-state index in [1.165, 1.54) is 38.8 Å². The summed E-state index contributed by atoms with van der Waals surface area (Å²) in [7, 11) is 5.00. The van der Waals surface area contributed by atoms with Crippen LogP contribution >= 0.6 is 9.24 Å². The summed E-state index contributed by atoms with van der Waals surface area (Å²) in [5, 5.41) is 1.06. The van der Waals surface area contributed by atoms with E-state index in [1.807, 2.05) is 23.1 Å². The third-order valence-electron chi connectivity index (χ3n) is 6.93. The van der Waals surface area contributed by atoms with Gasteiger partial charge in [-0.15, -0.1) is 9.24 Å². The Bertz CT molecular complexity index is 699. The molecule has 1 aliphatic carbocycles. The Hall–Kier alpha value is -1.16. The molecule has 0 radical (unpaired) electrons. The largest absolute Gasteiger partial charge is 0.494 e. The highest BCUT2D eigenvalue weighted by molar-refractivity contribution is 7.27. The molecule has 3 fully saturated rings. The van der Waals surface area contributed by atoms with Crippen LogP contribution in [0.2, 0.25) is 0 Å². The molecule has 0 spiro atoms. The number of benzene rings is 1. The summed E-state index contributed by atoms with van der Waals surface area (Å²) in [5.41, 5.74) is 1.06. The van der Waals surface area contributed by atoms with Crippen LogP contribution in [0.3, 0.4) is 0 Å². The van der Waals surface area contributed by atoms with Crippen LogP contribution in [0.15, 0.2) is 18.2 Å². The molecule has 3 unspecified atom stereocenters. The first-order chi connectivity index (χ1) is 14.1. The third kappa shape index (κ3) is 5.71. The van der Waals surface area contributed by atoms with Crippen molar-refractivity contribution in [2.75, 3.05) is 53.0 Å². The average molecular weight is 419 g/mol. The lowest BCUT2D eigenvalue weighted by molar-refractivity contribution is -0.134. The van der Waals surface area contributed by atoms with Gasteiger partial charge in [0, 0.05) is 13.1 Å². The molecule has 2 heterocycles. The highest BCUT2D eigenvalue weighted by Gasteiger charge is 2.42. The fourth-order valence-electron chi connectivity index (χ4n) is 4.88. The molecule has 3 atom stereocenters. The molecule has 4 rings (SSSR count). The van der Waals surface area contributed by atoms with Crippen LogP contribution in [0, 0.1) is 17.8 Å². The maximum absolute atomic E-state index is 12.5. The van der Waals surface area contributed by atoms with E-state index in [0.717, 1.165) is 41.0 Å². The molecule has 1 saturated carbocycles. The van der Waals surface area contributed by atoms with Gasteiger partial charge in [-0.2, -0.15) is 0 Å². The number of ether oxygens (including phenoxy) is 2. The normalized spacial score (nSPS) is 25.8. The highest BCUT2D eigenvalue weighted by atomic mass is 31.0. The van der Waals surface area contributed by atoms with Crippen molar-refractivity contribution < 1.29 is 14.3 Å². The average Bonchev–Trinajstić information content (AvgIpc) is 3.50. The van der Waals surface area contributed by atoms with Gasteiger partial charge in [0.25, 0.3) is 0 Å². The molecule has 2 aliphatic heterocycles. The van der Waals surface area contributed by atoms with Gasteiger partial charge in [-0.25, -0.2) is 0 Å². The van der Waals surface area contributed by atoms with E-state index < -0.39 is 0 Å². The van der Waals surface area contributed by atoms with Crippen molar-refractivity contribution in [3.05, 3.63) is 23.8 Å². The van der Waals surface area contributed by atoms with Crippen LogP contribution in [-0.2, 0) is 16.0 Å². The summed E-state index contributed by atoms with van der Waals surface area (Å²) in [6, 6.07) is 6.10. The van der Waals surface area contributed by atoms with Crippen molar-refractivity contribution in [1.29, 1.82) is 0 Å². The van der Waals surface area contributed by atoms with Crippen LogP contribution < -0.4 is 10.0 Å². The van der Waals surface area contributed by atoms with E-state index >= 15 is 0 Å². The summed E-state index contributed by atoms with van der Waals surface area (Å²) in [6.45, 7) is 6.02. The highest BCUT2D eigenvalue weighted by Crippen LogP contribution is 2.49. The Balaban J connectivity index is 1.19. The summed E-state index contributed by atoms with van der Waals surface area (Å²) in [6.07, 6.45) is 5.76. The van der Waals surface area contributed by atoms with Crippen molar-refractivity contribution in [2.24, 2.45) is 17.8 Å². The Morgan fingerprint density at radius 3 is 2.69 bits per heavy atom. The second kappa shape index (κ2) is 9.76. The fourth-order valence-corrected chi connectivity index (χ4v) is 5.24. The van der Waals surface area contributed by atoms with E-state index in [4.69, 9.17) is 9.47 Å². The van der Waals surface area contributed by atoms with Crippen molar-refractivity contribution in [3.63, 3.8) is 0 Å². The molecule has 1 amide bonds. The van der Waals surface area contributed by atoms with E-state index in [-0.39, 0.29) is 5.91 Å². The zero-order valence-electron chi connectivity index (χ0n) is 17.6. The van der Waals surface area contributed by atoms with Gasteiger partial charge in [0.15, 0.2) is 0 Å². The molecule has 0 bridgehead atoms. The van der Waals surface area contributed by atoms with E-state index in [9.17, 15) is 4.79 Å². The summed E-state index contributed by atoms with van der Waals surface area (Å²) >= 11 is 0. The lowest BCUT2D eigenvalue weighted by atomic mass is 9.91. The minimum atomic E-state index is 0.180. The van der Waals surface area contributed by atoms with Gasteiger partial charge in [0.05, 0.1) is 26.2 Å². The molecular weight excluding hydrogens is 383 g/mol. The monoisotopic (exact) mass is 418 g/mol. The SMILES string of the molecule is CN1CCC(C2CC2CCOc2ccc(CC(=O)N3CCOCC3)c(P)c2)CC1. The molecule has 3 aliphatic rings. The van der Waals surface area contributed by atoms with Crippen LogP contribution in [0.4, 0.5) is 0 Å². The molecular formula is C23H35N2O3P. The third-order valence-corrected chi connectivity index (χ3v) is 7.46. The first-order valence-corrected chi connectivity index (χ1v) is 11.7. The van der Waals surface area contributed by atoms with Crippen LogP contribution in [0.25, 0.3) is 0 Å². The second-order valence-corrected chi connectivity index (χ2v) is 9.59. The first-order valence-electron chi connectivity index (χ1n) is 11.2. The van der Waals surface area contributed by atoms with Gasteiger partial charge in [0.1, 0.15) is 5.75 Å². The fraction of sp³-hybridized carbons (Fsp3) is 0.696. The first kappa shape index (κ1) is 21.1. The van der Waals surface area contributed by atoms with E-state index in [0.29, 0.717) is 32.7 Å². The zero-order chi connectivity index (χ0) is 20.2. The number of carbonyl (C=O) groups is 1. The molecule has 160 valence electrons. The number of nitrogens with zero attached hydrogens (tertiary/aromatic N) is 2. The molecule has 29 heavy (non-hydrogen) atoms. The Morgan fingerprint density at radius 2 is 1.97 bits per heavy atom. The quantitative estimate of drug-likeness (QED) is 0.638. The molecule has 0 aromatic heterocycles. The molecule has 2 saturated heterocycles. The zero-order valence-corrected chi connectivity index (χ0v) is 18.8. The summed E-state index contributed by atoms with van der Waals surface area (Å²) in [5.74, 6) is 3.84. The number of hydrogen-bond acceptors (Lipinski definition) is 4. The topological polar surface area (TPSA) is 42.0 Å². The number of amides is 1. The molecule has 5 nitrogen and oxygen atoms in total. The van der Waals surface area contributed by atoms with Crippen molar-refractivity contribution >= 4 is 20.5 Å². The Morgan fingerprint density at radius 1 is 1.21 bits per heavy atom. The number of carbonyl (C=O) groups excluding carboxylic acids is 1.